The van der Waals surface area contributed by atoms with Gasteiger partial charge in [-0.25, -0.2) is 8.78 Å². The lowest BCUT2D eigenvalue weighted by atomic mass is 9.81. The number of aromatic nitrogens is 2. The Morgan fingerprint density at radius 2 is 0.734 bits per heavy atom. The average Bonchev–Trinajstić information content (AvgIpc) is 3.72. The molecule has 6 aromatic carbocycles. The molecule has 0 aliphatic rings. The summed E-state index contributed by atoms with van der Waals surface area (Å²) in [5.41, 5.74) is -5.58. The molecule has 0 aliphatic heterocycles. The van der Waals surface area contributed by atoms with Gasteiger partial charge in [-0.3, -0.25) is 0 Å². The van der Waals surface area contributed by atoms with Gasteiger partial charge in [-0.05, 0) is 88.7 Å². The van der Waals surface area contributed by atoms with Gasteiger partial charge in [0.05, 0.1) is 5.56 Å². The molecule has 0 aliphatic carbocycles. The van der Waals surface area contributed by atoms with Gasteiger partial charge < -0.3 is 23.4 Å². The van der Waals surface area contributed by atoms with E-state index in [9.17, 15) is 26.3 Å². The lowest BCUT2D eigenvalue weighted by molar-refractivity contribution is -0.297. The number of benzene rings is 6. The monoisotopic (exact) mass is 900 g/mol. The van der Waals surface area contributed by atoms with Crippen molar-refractivity contribution >= 4 is 0 Å². The van der Waals surface area contributed by atoms with E-state index in [1.807, 2.05) is 0 Å². The van der Waals surface area contributed by atoms with Crippen molar-refractivity contribution in [2.24, 2.45) is 0 Å². The highest BCUT2D eigenvalue weighted by Crippen LogP contribution is 2.53. The number of halogens is 11. The highest BCUT2D eigenvalue weighted by molar-refractivity contribution is 5.73. The molecule has 7 rings (SSSR count). The number of hydrogen-bond donors (Lipinski definition) is 0. The first-order valence-corrected chi connectivity index (χ1v) is 18.8. The van der Waals surface area contributed by atoms with Crippen molar-refractivity contribution in [2.75, 3.05) is 0 Å². The first-order valence-electron chi connectivity index (χ1n) is 18.8. The molecule has 0 saturated carbocycles. The van der Waals surface area contributed by atoms with E-state index >= 15 is 22.0 Å². The van der Waals surface area contributed by atoms with Crippen molar-refractivity contribution in [3.05, 3.63) is 154 Å². The molecule has 332 valence electrons. The van der Waals surface area contributed by atoms with Crippen molar-refractivity contribution in [1.82, 2.24) is 10.2 Å². The molecule has 0 spiro atoms. The molecule has 0 fully saturated rings. The number of aryl methyl sites for hydroxylation is 3. The van der Waals surface area contributed by atoms with Gasteiger partial charge in [0.25, 0.3) is 11.8 Å². The normalized spacial score (nSPS) is 12.1. The van der Waals surface area contributed by atoms with E-state index in [2.05, 4.69) is 10.2 Å². The molecule has 0 radical (unpaired) electrons. The van der Waals surface area contributed by atoms with Gasteiger partial charge in [0.2, 0.25) is 29.0 Å². The number of rotatable bonds is 11. The third-order valence-corrected chi connectivity index (χ3v) is 10.1. The van der Waals surface area contributed by atoms with E-state index in [1.165, 1.54) is 48.5 Å². The van der Waals surface area contributed by atoms with Crippen molar-refractivity contribution in [1.29, 1.82) is 0 Å². The number of alkyl halides is 6. The van der Waals surface area contributed by atoms with E-state index in [4.69, 9.17) is 23.4 Å². The summed E-state index contributed by atoms with van der Waals surface area (Å²) in [6.07, 6.45) is -11.6. The second-order valence-corrected chi connectivity index (χ2v) is 14.7. The van der Waals surface area contributed by atoms with Gasteiger partial charge in [0.1, 0.15) is 28.6 Å². The van der Waals surface area contributed by atoms with Gasteiger partial charge >= 0.3 is 12.4 Å². The first kappa shape index (κ1) is 44.9. The molecule has 0 atom stereocenters. The highest BCUT2D eigenvalue weighted by atomic mass is 19.4. The quantitative estimate of drug-likeness (QED) is 0.0945. The predicted molar refractivity (Wildman–Crippen MR) is 209 cm³/mol. The first-order chi connectivity index (χ1) is 30.1. The molecule has 7 nitrogen and oxygen atoms in total. The van der Waals surface area contributed by atoms with Crippen LogP contribution in [0.2, 0.25) is 0 Å². The van der Waals surface area contributed by atoms with Crippen LogP contribution in [0.25, 0.3) is 22.9 Å². The van der Waals surface area contributed by atoms with Crippen molar-refractivity contribution in [3.8, 4) is 68.9 Å². The summed E-state index contributed by atoms with van der Waals surface area (Å²) in [5.74, 6) is -15.4. The van der Waals surface area contributed by atoms with Crippen LogP contribution in [0.4, 0.5) is 48.3 Å². The summed E-state index contributed by atoms with van der Waals surface area (Å²) in [6.45, 7) is 6.31. The molecular formula is C46H31F11N2O5. The zero-order valence-electron chi connectivity index (χ0n) is 33.8. The van der Waals surface area contributed by atoms with Gasteiger partial charge in [-0.1, -0.05) is 65.2 Å². The van der Waals surface area contributed by atoms with Crippen molar-refractivity contribution < 1.29 is 71.7 Å². The fraction of sp³-hybridized carbons (Fsp3) is 0.174. The molecule has 18 heteroatoms. The van der Waals surface area contributed by atoms with Gasteiger partial charge in [-0.2, -0.15) is 39.5 Å². The topological polar surface area (TPSA) is 75.8 Å². The SMILES string of the molecule is Cc1ccc(Oc2c(F)c(C)c(-c3nnc(-c4c(F)c(F)c(Oc5ccc(C)cc5)c(F)c4Oc4ccc(C(C)(C(F)(F)F)C(F)(F)F)cc4)o3)c(Oc3ccc(C)cc3)c2F)cc1. The van der Waals surface area contributed by atoms with Crippen LogP contribution in [-0.4, -0.2) is 22.5 Å². The lowest BCUT2D eigenvalue weighted by Gasteiger charge is -2.34. The average molecular weight is 901 g/mol. The molecule has 7 aromatic rings. The Hall–Kier alpha value is -7.11. The zero-order chi connectivity index (χ0) is 46.5. The fourth-order valence-electron chi connectivity index (χ4n) is 6.26. The molecule has 1 aromatic heterocycles. The summed E-state index contributed by atoms with van der Waals surface area (Å²) in [5, 5.41) is 7.49. The maximum absolute atomic E-state index is 16.6. The van der Waals surface area contributed by atoms with Gasteiger partial charge in [0, 0.05) is 5.56 Å². The Balaban J connectivity index is 1.38. The standard InChI is InChI=1S/C46H31F11N2O5/c1-22-6-14-27(15-7-22)60-38-31(25(4)33(47)40(36(38)50)62-28-16-8-23(2)9-17-28)42-58-59-43(64-42)32-34(48)35(49)41(63-29-18-10-24(3)11-19-29)37(51)39(32)61-30-20-12-26(13-21-30)44(5,45(52,53)54)46(55,56)57/h6-21H,1-5H3. The second-order valence-electron chi connectivity index (χ2n) is 14.7. The maximum atomic E-state index is 16.6. The molecule has 0 N–H and O–H groups in total. The number of nitrogens with zero attached hydrogens (tertiary/aromatic N) is 2. The van der Waals surface area contributed by atoms with Crippen LogP contribution in [0.1, 0.15) is 34.7 Å². The summed E-state index contributed by atoms with van der Waals surface area (Å²) in [6, 6.07) is 19.9. The Labute approximate surface area is 356 Å². The molecule has 0 bridgehead atoms. The summed E-state index contributed by atoms with van der Waals surface area (Å²) in [4.78, 5) is 0. The van der Waals surface area contributed by atoms with Crippen LogP contribution >= 0.6 is 0 Å². The smallest absolute Gasteiger partial charge is 0.406 e. The maximum Gasteiger partial charge on any atom is 0.406 e. The van der Waals surface area contributed by atoms with Crippen LogP contribution in [-0.2, 0) is 5.41 Å². The fourth-order valence-corrected chi connectivity index (χ4v) is 6.26. The Bertz CT molecular complexity index is 2830. The largest absolute Gasteiger partial charge is 0.453 e. The molecule has 0 saturated heterocycles. The van der Waals surface area contributed by atoms with Crippen LogP contribution in [0.15, 0.2) is 101 Å². The van der Waals surface area contributed by atoms with Crippen LogP contribution < -0.4 is 18.9 Å². The minimum absolute atomic E-state index is 0.0321. The number of ether oxygens (including phenoxy) is 4. The molecule has 0 amide bonds. The van der Waals surface area contributed by atoms with Gasteiger partial charge in [-0.15, -0.1) is 10.2 Å². The summed E-state index contributed by atoms with van der Waals surface area (Å²) >= 11 is 0. The molecular weight excluding hydrogens is 869 g/mol. The Kier molecular flexibility index (Phi) is 11.8. The van der Waals surface area contributed by atoms with Crippen LogP contribution in [0, 0.1) is 56.8 Å². The van der Waals surface area contributed by atoms with E-state index in [1.54, 1.807) is 45.0 Å². The van der Waals surface area contributed by atoms with E-state index in [0.29, 0.717) is 29.8 Å². The van der Waals surface area contributed by atoms with Crippen molar-refractivity contribution in [3.63, 3.8) is 0 Å². The lowest BCUT2D eigenvalue weighted by Crippen LogP contribution is -2.51. The minimum Gasteiger partial charge on any atom is -0.453 e. The second kappa shape index (κ2) is 16.9. The molecule has 1 heterocycles. The van der Waals surface area contributed by atoms with E-state index in [0.717, 1.165) is 18.1 Å². The van der Waals surface area contributed by atoms with Gasteiger partial charge in [0.15, 0.2) is 28.5 Å². The number of hydrogen-bond acceptors (Lipinski definition) is 7. The zero-order valence-corrected chi connectivity index (χ0v) is 33.8. The van der Waals surface area contributed by atoms with E-state index < -0.39 is 110 Å². The summed E-state index contributed by atoms with van der Waals surface area (Å²) in [7, 11) is 0. The predicted octanol–water partition coefficient (Wildman–Crippen LogP) is 14.9. The molecule has 0 unspecified atom stereocenters. The summed E-state index contributed by atoms with van der Waals surface area (Å²) < 4.78 is 193. The minimum atomic E-state index is -5.82. The van der Waals surface area contributed by atoms with Crippen molar-refractivity contribution in [2.45, 2.75) is 52.4 Å². The van der Waals surface area contributed by atoms with Crippen LogP contribution in [0.3, 0.4) is 0 Å². The van der Waals surface area contributed by atoms with E-state index in [-0.39, 0.29) is 24.2 Å². The van der Waals surface area contributed by atoms with Crippen LogP contribution in [0.5, 0.6) is 46.0 Å². The Morgan fingerprint density at radius 3 is 1.12 bits per heavy atom. The Morgan fingerprint density at radius 1 is 0.406 bits per heavy atom. The third-order valence-electron chi connectivity index (χ3n) is 10.1. The highest BCUT2D eigenvalue weighted by Gasteiger charge is 2.68. The third kappa shape index (κ3) is 8.38. The molecule has 64 heavy (non-hydrogen) atoms.